The molecule has 1 saturated heterocycles. The summed E-state index contributed by atoms with van der Waals surface area (Å²) in [6.07, 6.45) is 0.583. The second-order valence-electron chi connectivity index (χ2n) is 7.09. The minimum absolute atomic E-state index is 0.0927. The van der Waals surface area contributed by atoms with Crippen molar-refractivity contribution in [3.8, 4) is 10.6 Å². The van der Waals surface area contributed by atoms with E-state index in [1.807, 2.05) is 53.4 Å². The number of rotatable bonds is 5. The van der Waals surface area contributed by atoms with Gasteiger partial charge in [-0.3, -0.25) is 9.69 Å². The maximum atomic E-state index is 12.4. The summed E-state index contributed by atoms with van der Waals surface area (Å²) in [5.41, 5.74) is 2.62. The SMILES string of the molecule is CN(CC(=O)Nc1cccc(-c2nc3ccccc3s2)c1)[C@H]1CCS(=O)(=O)C1. The number of hydrogen-bond acceptors (Lipinski definition) is 6. The Labute approximate surface area is 168 Å². The van der Waals surface area contributed by atoms with E-state index in [-0.39, 0.29) is 30.0 Å². The molecule has 2 aromatic carbocycles. The normalized spacial score (nSPS) is 18.6. The van der Waals surface area contributed by atoms with Crippen molar-refractivity contribution >= 4 is 43.0 Å². The van der Waals surface area contributed by atoms with Crippen molar-refractivity contribution in [2.24, 2.45) is 0 Å². The molecule has 146 valence electrons. The van der Waals surface area contributed by atoms with Crippen molar-refractivity contribution in [1.82, 2.24) is 9.88 Å². The number of para-hydroxylation sites is 1. The topological polar surface area (TPSA) is 79.4 Å². The fourth-order valence-electron chi connectivity index (χ4n) is 3.40. The lowest BCUT2D eigenvalue weighted by Crippen LogP contribution is -2.38. The second kappa shape index (κ2) is 7.62. The van der Waals surface area contributed by atoms with Crippen molar-refractivity contribution < 1.29 is 13.2 Å². The highest BCUT2D eigenvalue weighted by atomic mass is 32.2. The molecule has 1 aromatic heterocycles. The first-order valence-corrected chi connectivity index (χ1v) is 11.7. The van der Waals surface area contributed by atoms with Gasteiger partial charge in [-0.2, -0.15) is 0 Å². The summed E-state index contributed by atoms with van der Waals surface area (Å²) in [5.74, 6) is 0.172. The third-order valence-corrected chi connectivity index (χ3v) is 7.75. The largest absolute Gasteiger partial charge is 0.325 e. The van der Waals surface area contributed by atoms with Crippen molar-refractivity contribution in [3.63, 3.8) is 0 Å². The van der Waals surface area contributed by atoms with E-state index >= 15 is 0 Å². The van der Waals surface area contributed by atoms with Crippen LogP contribution in [0, 0.1) is 0 Å². The Morgan fingerprint density at radius 1 is 1.25 bits per heavy atom. The van der Waals surface area contributed by atoms with Crippen LogP contribution in [0.5, 0.6) is 0 Å². The lowest BCUT2D eigenvalue weighted by molar-refractivity contribution is -0.117. The molecule has 0 unspecified atom stereocenters. The molecule has 0 spiro atoms. The Balaban J connectivity index is 1.43. The molecular weight excluding hydrogens is 394 g/mol. The Morgan fingerprint density at radius 3 is 2.82 bits per heavy atom. The van der Waals surface area contributed by atoms with E-state index in [2.05, 4.69) is 10.3 Å². The van der Waals surface area contributed by atoms with Crippen molar-refractivity contribution in [3.05, 3.63) is 48.5 Å². The molecule has 28 heavy (non-hydrogen) atoms. The maximum absolute atomic E-state index is 12.4. The summed E-state index contributed by atoms with van der Waals surface area (Å²) in [4.78, 5) is 18.9. The average Bonchev–Trinajstić information content (AvgIpc) is 3.25. The number of carbonyl (C=O) groups excluding carboxylic acids is 1. The van der Waals surface area contributed by atoms with Gasteiger partial charge in [0.05, 0.1) is 28.3 Å². The summed E-state index contributed by atoms with van der Waals surface area (Å²) in [7, 11) is -1.17. The Hall–Kier alpha value is -2.29. The monoisotopic (exact) mass is 415 g/mol. The van der Waals surface area contributed by atoms with Crippen LogP contribution in [0.2, 0.25) is 0 Å². The van der Waals surface area contributed by atoms with Crippen LogP contribution in [0.1, 0.15) is 6.42 Å². The number of likely N-dealkylation sites (N-methyl/N-ethyl adjacent to an activating group) is 1. The minimum Gasteiger partial charge on any atom is -0.325 e. The number of benzene rings is 2. The third-order valence-electron chi connectivity index (χ3n) is 4.91. The predicted molar refractivity (Wildman–Crippen MR) is 113 cm³/mol. The summed E-state index contributed by atoms with van der Waals surface area (Å²) in [6, 6.07) is 15.5. The van der Waals surface area contributed by atoms with Gasteiger partial charge in [0.1, 0.15) is 5.01 Å². The molecule has 3 aromatic rings. The molecule has 0 radical (unpaired) electrons. The molecule has 4 rings (SSSR count). The van der Waals surface area contributed by atoms with Gasteiger partial charge in [0.25, 0.3) is 0 Å². The minimum atomic E-state index is -2.96. The van der Waals surface area contributed by atoms with Crippen LogP contribution < -0.4 is 5.32 Å². The highest BCUT2D eigenvalue weighted by molar-refractivity contribution is 7.91. The van der Waals surface area contributed by atoms with Gasteiger partial charge in [-0.05, 0) is 37.7 Å². The summed E-state index contributed by atoms with van der Waals surface area (Å²) in [5, 5.41) is 3.82. The fourth-order valence-corrected chi connectivity index (χ4v) is 6.17. The van der Waals surface area contributed by atoms with Gasteiger partial charge in [-0.25, -0.2) is 13.4 Å². The van der Waals surface area contributed by atoms with Crippen LogP contribution in [0.25, 0.3) is 20.8 Å². The van der Waals surface area contributed by atoms with Gasteiger partial charge in [0, 0.05) is 17.3 Å². The zero-order valence-corrected chi connectivity index (χ0v) is 17.1. The van der Waals surface area contributed by atoms with E-state index < -0.39 is 9.84 Å². The Morgan fingerprint density at radius 2 is 2.07 bits per heavy atom. The Bertz CT molecular complexity index is 1090. The maximum Gasteiger partial charge on any atom is 0.238 e. The molecule has 0 saturated carbocycles. The number of anilines is 1. The number of carbonyl (C=O) groups is 1. The smallest absolute Gasteiger partial charge is 0.238 e. The quantitative estimate of drug-likeness (QED) is 0.693. The first kappa shape index (κ1) is 19.0. The molecular formula is C20H21N3O3S2. The molecule has 0 aliphatic carbocycles. The molecule has 1 fully saturated rings. The standard InChI is InChI=1S/C20H21N3O3S2/c1-23(16-9-10-28(25,26)13-16)12-19(24)21-15-6-4-5-14(11-15)20-22-17-7-2-3-8-18(17)27-20/h2-8,11,16H,9-10,12-13H2,1H3,(H,21,24)/t16-/m0/s1. The highest BCUT2D eigenvalue weighted by Gasteiger charge is 2.31. The molecule has 1 N–H and O–H groups in total. The molecule has 6 nitrogen and oxygen atoms in total. The number of fused-ring (bicyclic) bond motifs is 1. The zero-order valence-electron chi connectivity index (χ0n) is 15.5. The molecule has 1 aliphatic rings. The van der Waals surface area contributed by atoms with Crippen molar-refractivity contribution in [2.75, 3.05) is 30.4 Å². The van der Waals surface area contributed by atoms with E-state index in [9.17, 15) is 13.2 Å². The third kappa shape index (κ3) is 4.24. The van der Waals surface area contributed by atoms with Gasteiger partial charge in [0.15, 0.2) is 9.84 Å². The second-order valence-corrected chi connectivity index (χ2v) is 10.3. The predicted octanol–water partition coefficient (Wildman–Crippen LogP) is 3.02. The fraction of sp³-hybridized carbons (Fsp3) is 0.300. The number of amides is 1. The van der Waals surface area contributed by atoms with Crippen LogP contribution in [-0.2, 0) is 14.6 Å². The zero-order chi connectivity index (χ0) is 19.7. The van der Waals surface area contributed by atoms with E-state index in [1.165, 1.54) is 0 Å². The van der Waals surface area contributed by atoms with Crippen LogP contribution in [0.3, 0.4) is 0 Å². The van der Waals surface area contributed by atoms with E-state index in [4.69, 9.17) is 0 Å². The average molecular weight is 416 g/mol. The van der Waals surface area contributed by atoms with Gasteiger partial charge >= 0.3 is 0 Å². The first-order valence-electron chi connectivity index (χ1n) is 9.06. The van der Waals surface area contributed by atoms with Gasteiger partial charge in [-0.15, -0.1) is 11.3 Å². The number of thiazole rings is 1. The number of nitrogens with one attached hydrogen (secondary N) is 1. The van der Waals surface area contributed by atoms with Crippen molar-refractivity contribution in [2.45, 2.75) is 12.5 Å². The van der Waals surface area contributed by atoms with Gasteiger partial charge in [0.2, 0.25) is 5.91 Å². The molecule has 1 atom stereocenters. The van der Waals surface area contributed by atoms with Crippen LogP contribution in [-0.4, -0.2) is 55.3 Å². The number of sulfone groups is 1. The summed E-state index contributed by atoms with van der Waals surface area (Å²) >= 11 is 1.62. The highest BCUT2D eigenvalue weighted by Crippen LogP contribution is 2.31. The summed E-state index contributed by atoms with van der Waals surface area (Å²) < 4.78 is 24.4. The van der Waals surface area contributed by atoms with E-state index in [1.54, 1.807) is 18.4 Å². The van der Waals surface area contributed by atoms with Crippen LogP contribution in [0.15, 0.2) is 48.5 Å². The molecule has 2 heterocycles. The number of hydrogen-bond donors (Lipinski definition) is 1. The number of aromatic nitrogens is 1. The molecule has 0 bridgehead atoms. The van der Waals surface area contributed by atoms with Crippen LogP contribution in [0.4, 0.5) is 5.69 Å². The van der Waals surface area contributed by atoms with E-state index in [0.29, 0.717) is 12.1 Å². The number of nitrogens with zero attached hydrogens (tertiary/aromatic N) is 2. The first-order chi connectivity index (χ1) is 13.4. The van der Waals surface area contributed by atoms with Gasteiger partial charge < -0.3 is 5.32 Å². The molecule has 1 amide bonds. The lowest BCUT2D eigenvalue weighted by atomic mass is 10.2. The lowest BCUT2D eigenvalue weighted by Gasteiger charge is -2.22. The van der Waals surface area contributed by atoms with Crippen LogP contribution >= 0.6 is 11.3 Å². The Kier molecular flexibility index (Phi) is 5.18. The molecule has 8 heteroatoms. The molecule has 1 aliphatic heterocycles. The van der Waals surface area contributed by atoms with E-state index in [0.717, 1.165) is 20.8 Å². The summed E-state index contributed by atoms with van der Waals surface area (Å²) in [6.45, 7) is 0.158. The van der Waals surface area contributed by atoms with Gasteiger partial charge in [-0.1, -0.05) is 24.3 Å². The van der Waals surface area contributed by atoms with Crippen molar-refractivity contribution in [1.29, 1.82) is 0 Å².